The van der Waals surface area contributed by atoms with Crippen molar-refractivity contribution in [1.82, 2.24) is 20.0 Å². The van der Waals surface area contributed by atoms with Gasteiger partial charge in [0.25, 0.3) is 5.91 Å². The molecule has 1 aliphatic rings. The van der Waals surface area contributed by atoms with Crippen molar-refractivity contribution in [3.63, 3.8) is 0 Å². The fraction of sp³-hybridized carbons (Fsp3) is 0.450. The SMILES string of the molecule is CCN(CC(=O)O)C1CC(NC(=O)c2cnn(Cc3ccc(OC)cc3)c2)C1. The number of hydrogen-bond donors (Lipinski definition) is 2. The molecule has 0 radical (unpaired) electrons. The summed E-state index contributed by atoms with van der Waals surface area (Å²) in [6, 6.07) is 8.00. The maximum atomic E-state index is 12.4. The molecule has 1 saturated carbocycles. The normalized spacial score (nSPS) is 18.5. The zero-order valence-corrected chi connectivity index (χ0v) is 16.2. The topological polar surface area (TPSA) is 96.7 Å². The Labute approximate surface area is 164 Å². The summed E-state index contributed by atoms with van der Waals surface area (Å²) in [5.74, 6) is -0.169. The molecule has 0 aliphatic heterocycles. The van der Waals surface area contributed by atoms with E-state index in [1.807, 2.05) is 36.1 Å². The molecule has 150 valence electrons. The molecule has 1 aromatic carbocycles. The van der Waals surface area contributed by atoms with Crippen molar-refractivity contribution >= 4 is 11.9 Å². The van der Waals surface area contributed by atoms with Crippen molar-refractivity contribution in [3.8, 4) is 5.75 Å². The highest BCUT2D eigenvalue weighted by Crippen LogP contribution is 2.25. The van der Waals surface area contributed by atoms with Crippen molar-refractivity contribution in [2.45, 2.75) is 38.4 Å². The molecule has 2 aromatic rings. The van der Waals surface area contributed by atoms with Gasteiger partial charge in [-0.1, -0.05) is 19.1 Å². The predicted octanol–water partition coefficient (Wildman–Crippen LogP) is 1.61. The first kappa shape index (κ1) is 19.9. The lowest BCUT2D eigenvalue weighted by Crippen LogP contribution is -2.54. The van der Waals surface area contributed by atoms with E-state index in [4.69, 9.17) is 9.84 Å². The number of carboxylic acids is 1. The van der Waals surface area contributed by atoms with E-state index in [1.54, 1.807) is 24.2 Å². The van der Waals surface area contributed by atoms with Crippen LogP contribution in [0.15, 0.2) is 36.7 Å². The lowest BCUT2D eigenvalue weighted by molar-refractivity contribution is -0.139. The zero-order chi connectivity index (χ0) is 20.1. The first-order valence-electron chi connectivity index (χ1n) is 9.40. The summed E-state index contributed by atoms with van der Waals surface area (Å²) >= 11 is 0. The Hall–Kier alpha value is -2.87. The van der Waals surface area contributed by atoms with Gasteiger partial charge in [0, 0.05) is 18.3 Å². The van der Waals surface area contributed by atoms with Gasteiger partial charge in [-0.25, -0.2) is 0 Å². The van der Waals surface area contributed by atoms with Crippen molar-refractivity contribution in [2.75, 3.05) is 20.2 Å². The molecule has 1 heterocycles. The molecule has 3 rings (SSSR count). The Kier molecular flexibility index (Phi) is 6.30. The van der Waals surface area contributed by atoms with Crippen LogP contribution in [0.3, 0.4) is 0 Å². The van der Waals surface area contributed by atoms with Crippen molar-refractivity contribution in [1.29, 1.82) is 0 Å². The molecule has 8 nitrogen and oxygen atoms in total. The molecule has 1 aliphatic carbocycles. The summed E-state index contributed by atoms with van der Waals surface area (Å²) < 4.78 is 6.88. The third-order valence-corrected chi connectivity index (χ3v) is 5.11. The average molecular weight is 386 g/mol. The van der Waals surface area contributed by atoms with Crippen LogP contribution in [0, 0.1) is 0 Å². The van der Waals surface area contributed by atoms with Crippen LogP contribution in [0.2, 0.25) is 0 Å². The van der Waals surface area contributed by atoms with Crippen molar-refractivity contribution in [3.05, 3.63) is 47.8 Å². The number of hydrogen-bond acceptors (Lipinski definition) is 5. The molecule has 0 spiro atoms. The maximum absolute atomic E-state index is 12.4. The van der Waals surface area contributed by atoms with Gasteiger partial charge in [-0.2, -0.15) is 5.10 Å². The number of ether oxygens (including phenoxy) is 1. The molecular formula is C20H26N4O4. The molecule has 2 N–H and O–H groups in total. The molecule has 0 atom stereocenters. The second kappa shape index (κ2) is 8.88. The molecule has 0 unspecified atom stereocenters. The Morgan fingerprint density at radius 1 is 1.32 bits per heavy atom. The molecular weight excluding hydrogens is 360 g/mol. The minimum absolute atomic E-state index is 0.0416. The van der Waals surface area contributed by atoms with E-state index >= 15 is 0 Å². The monoisotopic (exact) mass is 386 g/mol. The Morgan fingerprint density at radius 2 is 2.04 bits per heavy atom. The van der Waals surface area contributed by atoms with E-state index in [-0.39, 0.29) is 24.5 Å². The number of amides is 1. The third-order valence-electron chi connectivity index (χ3n) is 5.11. The van der Waals surface area contributed by atoms with Gasteiger partial charge in [-0.05, 0) is 37.1 Å². The minimum Gasteiger partial charge on any atom is -0.497 e. The molecule has 8 heteroatoms. The number of nitrogens with zero attached hydrogens (tertiary/aromatic N) is 3. The van der Waals surface area contributed by atoms with E-state index in [0.717, 1.165) is 24.2 Å². The molecule has 0 bridgehead atoms. The Bertz CT molecular complexity index is 812. The number of aromatic nitrogens is 2. The number of rotatable bonds is 9. The molecule has 28 heavy (non-hydrogen) atoms. The maximum Gasteiger partial charge on any atom is 0.317 e. The fourth-order valence-electron chi connectivity index (χ4n) is 3.43. The standard InChI is InChI=1S/C20H26N4O4/c1-3-23(13-19(25)26)17-8-16(9-17)22-20(27)15-10-21-24(12-15)11-14-4-6-18(28-2)7-5-14/h4-7,10,12,16-17H,3,8-9,11,13H2,1-2H3,(H,22,27)(H,25,26). The van der Waals surface area contributed by atoms with E-state index in [0.29, 0.717) is 18.7 Å². The lowest BCUT2D eigenvalue weighted by Gasteiger charge is -2.42. The smallest absolute Gasteiger partial charge is 0.317 e. The van der Waals surface area contributed by atoms with Crippen LogP contribution in [-0.4, -0.2) is 63.9 Å². The summed E-state index contributed by atoms with van der Waals surface area (Å²) in [5.41, 5.74) is 1.59. The summed E-state index contributed by atoms with van der Waals surface area (Å²) in [4.78, 5) is 25.3. The van der Waals surface area contributed by atoms with Gasteiger partial charge < -0.3 is 15.2 Å². The van der Waals surface area contributed by atoms with E-state index in [2.05, 4.69) is 10.4 Å². The van der Waals surface area contributed by atoms with Crippen LogP contribution in [0.4, 0.5) is 0 Å². The molecule has 1 amide bonds. The second-order valence-electron chi connectivity index (χ2n) is 7.03. The second-order valence-corrected chi connectivity index (χ2v) is 7.03. The van der Waals surface area contributed by atoms with Gasteiger partial charge >= 0.3 is 5.97 Å². The highest BCUT2D eigenvalue weighted by atomic mass is 16.5. The highest BCUT2D eigenvalue weighted by molar-refractivity contribution is 5.93. The zero-order valence-electron chi connectivity index (χ0n) is 16.2. The quantitative estimate of drug-likeness (QED) is 0.680. The van der Waals surface area contributed by atoms with Crippen LogP contribution in [-0.2, 0) is 11.3 Å². The first-order chi connectivity index (χ1) is 13.5. The van der Waals surface area contributed by atoms with E-state index in [9.17, 15) is 9.59 Å². The number of nitrogens with one attached hydrogen (secondary N) is 1. The van der Waals surface area contributed by atoms with Crippen LogP contribution >= 0.6 is 0 Å². The van der Waals surface area contributed by atoms with Crippen LogP contribution in [0.25, 0.3) is 0 Å². The summed E-state index contributed by atoms with van der Waals surface area (Å²) in [7, 11) is 1.63. The third kappa shape index (κ3) is 4.89. The van der Waals surface area contributed by atoms with Gasteiger partial charge in [0.15, 0.2) is 0 Å². The number of benzene rings is 1. The van der Waals surface area contributed by atoms with Crippen LogP contribution < -0.4 is 10.1 Å². The van der Waals surface area contributed by atoms with Crippen molar-refractivity contribution < 1.29 is 19.4 Å². The predicted molar refractivity (Wildman–Crippen MR) is 103 cm³/mol. The minimum atomic E-state index is -0.821. The van der Waals surface area contributed by atoms with Gasteiger partial charge in [-0.3, -0.25) is 19.2 Å². The van der Waals surface area contributed by atoms with Gasteiger partial charge in [0.2, 0.25) is 0 Å². The Balaban J connectivity index is 1.49. The van der Waals surface area contributed by atoms with Crippen LogP contribution in [0.5, 0.6) is 5.75 Å². The van der Waals surface area contributed by atoms with E-state index < -0.39 is 5.97 Å². The number of likely N-dealkylation sites (N-methyl/N-ethyl adjacent to an activating group) is 1. The molecule has 1 aromatic heterocycles. The largest absolute Gasteiger partial charge is 0.497 e. The van der Waals surface area contributed by atoms with Gasteiger partial charge in [0.05, 0.1) is 32.0 Å². The summed E-state index contributed by atoms with van der Waals surface area (Å²) in [6.07, 6.45) is 4.84. The molecule has 0 saturated heterocycles. The number of methoxy groups -OCH3 is 1. The average Bonchev–Trinajstić information content (AvgIpc) is 3.11. The number of carboxylic acid groups (broad SMARTS) is 1. The van der Waals surface area contributed by atoms with Crippen molar-refractivity contribution in [2.24, 2.45) is 0 Å². The number of aliphatic carboxylic acids is 1. The number of carbonyl (C=O) groups is 2. The fourth-order valence-corrected chi connectivity index (χ4v) is 3.43. The first-order valence-corrected chi connectivity index (χ1v) is 9.40. The summed E-state index contributed by atoms with van der Waals surface area (Å²) in [6.45, 7) is 3.26. The Morgan fingerprint density at radius 3 is 2.64 bits per heavy atom. The van der Waals surface area contributed by atoms with Gasteiger partial charge in [0.1, 0.15) is 5.75 Å². The van der Waals surface area contributed by atoms with Crippen LogP contribution in [0.1, 0.15) is 35.7 Å². The van der Waals surface area contributed by atoms with E-state index in [1.165, 1.54) is 0 Å². The molecule has 1 fully saturated rings. The lowest BCUT2D eigenvalue weighted by atomic mass is 9.85. The number of carbonyl (C=O) groups excluding carboxylic acids is 1. The van der Waals surface area contributed by atoms with Gasteiger partial charge in [-0.15, -0.1) is 0 Å². The summed E-state index contributed by atoms with van der Waals surface area (Å²) in [5, 5.41) is 16.2. The highest BCUT2D eigenvalue weighted by Gasteiger charge is 2.34.